The van der Waals surface area contributed by atoms with E-state index in [9.17, 15) is 0 Å². The fourth-order valence-electron chi connectivity index (χ4n) is 3.29. The molecule has 0 spiro atoms. The normalized spacial score (nSPS) is 23.8. The predicted molar refractivity (Wildman–Crippen MR) is 80.3 cm³/mol. The third-order valence-corrected chi connectivity index (χ3v) is 5.18. The summed E-state index contributed by atoms with van der Waals surface area (Å²) in [5.41, 5.74) is 1.56. The number of benzene rings is 1. The first-order chi connectivity index (χ1) is 8.88. The van der Waals surface area contributed by atoms with Crippen LogP contribution in [-0.2, 0) is 6.42 Å². The van der Waals surface area contributed by atoms with Gasteiger partial charge in [0, 0.05) is 10.7 Å². The van der Waals surface area contributed by atoms with Crippen LogP contribution in [0.1, 0.15) is 31.7 Å². The average Bonchev–Trinajstić information content (AvgIpc) is 2.99. The van der Waals surface area contributed by atoms with Crippen LogP contribution in [0, 0.1) is 5.92 Å². The van der Waals surface area contributed by atoms with Crippen LogP contribution in [0.3, 0.4) is 0 Å². The van der Waals surface area contributed by atoms with Crippen molar-refractivity contribution in [1.82, 2.24) is 5.32 Å². The molecular weight excluding hydrogens is 238 g/mol. The van der Waals surface area contributed by atoms with E-state index in [1.807, 2.05) is 11.3 Å². The van der Waals surface area contributed by atoms with E-state index in [-0.39, 0.29) is 0 Å². The number of rotatable bonds is 4. The van der Waals surface area contributed by atoms with Gasteiger partial charge in [0.05, 0.1) is 0 Å². The molecule has 0 aliphatic heterocycles. The maximum Gasteiger partial charge on any atom is 0.0345 e. The zero-order valence-electron chi connectivity index (χ0n) is 11.0. The van der Waals surface area contributed by atoms with E-state index in [2.05, 4.69) is 41.9 Å². The molecule has 96 valence electrons. The largest absolute Gasteiger partial charge is 0.314 e. The Morgan fingerprint density at radius 2 is 2.17 bits per heavy atom. The van der Waals surface area contributed by atoms with Crippen molar-refractivity contribution < 1.29 is 0 Å². The van der Waals surface area contributed by atoms with Crippen molar-refractivity contribution in [3.8, 4) is 0 Å². The number of thiophene rings is 1. The van der Waals surface area contributed by atoms with Gasteiger partial charge in [0.15, 0.2) is 0 Å². The molecular formula is C16H21NS. The molecule has 18 heavy (non-hydrogen) atoms. The molecule has 2 unspecified atom stereocenters. The highest BCUT2D eigenvalue weighted by atomic mass is 32.1. The molecule has 1 nitrogen and oxygen atoms in total. The SMILES string of the molecule is CCNC1CCCC1Cc1csc2ccccc12. The van der Waals surface area contributed by atoms with Gasteiger partial charge in [-0.2, -0.15) is 0 Å². The topological polar surface area (TPSA) is 12.0 Å². The van der Waals surface area contributed by atoms with Gasteiger partial charge < -0.3 is 5.32 Å². The van der Waals surface area contributed by atoms with Gasteiger partial charge in [0.1, 0.15) is 0 Å². The fraction of sp³-hybridized carbons (Fsp3) is 0.500. The monoisotopic (exact) mass is 259 g/mol. The molecule has 2 aromatic rings. The first-order valence-corrected chi connectivity index (χ1v) is 7.95. The van der Waals surface area contributed by atoms with Crippen molar-refractivity contribution in [3.05, 3.63) is 35.2 Å². The Labute approximate surface area is 113 Å². The van der Waals surface area contributed by atoms with Crippen LogP contribution in [0.2, 0.25) is 0 Å². The van der Waals surface area contributed by atoms with Crippen LogP contribution in [0.25, 0.3) is 10.1 Å². The summed E-state index contributed by atoms with van der Waals surface area (Å²) in [5.74, 6) is 0.836. The van der Waals surface area contributed by atoms with Crippen molar-refractivity contribution in [1.29, 1.82) is 0 Å². The molecule has 2 atom stereocenters. The van der Waals surface area contributed by atoms with E-state index in [1.165, 1.54) is 35.8 Å². The fourth-order valence-corrected chi connectivity index (χ4v) is 4.26. The summed E-state index contributed by atoms with van der Waals surface area (Å²) in [7, 11) is 0. The van der Waals surface area contributed by atoms with Crippen LogP contribution >= 0.6 is 11.3 Å². The van der Waals surface area contributed by atoms with Gasteiger partial charge in [-0.15, -0.1) is 11.3 Å². The smallest absolute Gasteiger partial charge is 0.0345 e. The van der Waals surface area contributed by atoms with Gasteiger partial charge in [-0.25, -0.2) is 0 Å². The number of fused-ring (bicyclic) bond motifs is 1. The summed E-state index contributed by atoms with van der Waals surface area (Å²) < 4.78 is 1.44. The molecule has 3 rings (SSSR count). The van der Waals surface area contributed by atoms with Crippen molar-refractivity contribution in [2.24, 2.45) is 5.92 Å². The summed E-state index contributed by atoms with van der Waals surface area (Å²) >= 11 is 1.89. The lowest BCUT2D eigenvalue weighted by Crippen LogP contribution is -2.33. The average molecular weight is 259 g/mol. The lowest BCUT2D eigenvalue weighted by atomic mass is 9.94. The molecule has 1 heterocycles. The maximum absolute atomic E-state index is 3.66. The summed E-state index contributed by atoms with van der Waals surface area (Å²) in [5, 5.41) is 7.50. The van der Waals surface area contributed by atoms with Gasteiger partial charge in [0.25, 0.3) is 0 Å². The molecule has 0 bridgehead atoms. The van der Waals surface area contributed by atoms with E-state index in [0.717, 1.165) is 18.5 Å². The second kappa shape index (κ2) is 5.41. The molecule has 0 amide bonds. The number of nitrogens with one attached hydrogen (secondary N) is 1. The number of hydrogen-bond donors (Lipinski definition) is 1. The Kier molecular flexibility index (Phi) is 3.67. The van der Waals surface area contributed by atoms with Crippen LogP contribution in [-0.4, -0.2) is 12.6 Å². The minimum absolute atomic E-state index is 0.744. The van der Waals surface area contributed by atoms with Gasteiger partial charge in [-0.3, -0.25) is 0 Å². The van der Waals surface area contributed by atoms with Crippen molar-refractivity contribution in [2.75, 3.05) is 6.54 Å². The first kappa shape index (κ1) is 12.2. The summed E-state index contributed by atoms with van der Waals surface area (Å²) in [4.78, 5) is 0. The molecule has 1 aliphatic carbocycles. The molecule has 1 aromatic heterocycles. The minimum Gasteiger partial charge on any atom is -0.314 e. The Morgan fingerprint density at radius 1 is 1.28 bits per heavy atom. The zero-order chi connectivity index (χ0) is 12.4. The first-order valence-electron chi connectivity index (χ1n) is 7.07. The molecule has 2 heteroatoms. The highest BCUT2D eigenvalue weighted by Crippen LogP contribution is 2.33. The Balaban J connectivity index is 1.79. The lowest BCUT2D eigenvalue weighted by Gasteiger charge is -2.20. The van der Waals surface area contributed by atoms with Crippen LogP contribution in [0.15, 0.2) is 29.6 Å². The number of hydrogen-bond acceptors (Lipinski definition) is 2. The molecule has 1 N–H and O–H groups in total. The van der Waals surface area contributed by atoms with E-state index in [4.69, 9.17) is 0 Å². The quantitative estimate of drug-likeness (QED) is 0.866. The van der Waals surface area contributed by atoms with Gasteiger partial charge >= 0.3 is 0 Å². The standard InChI is InChI=1S/C16H21NS/c1-2-17-15-8-5-6-12(15)10-13-11-18-16-9-4-3-7-14(13)16/h3-4,7,9,11-12,15,17H,2,5-6,8,10H2,1H3. The van der Waals surface area contributed by atoms with Gasteiger partial charge in [-0.05, 0) is 54.1 Å². The maximum atomic E-state index is 3.66. The highest BCUT2D eigenvalue weighted by molar-refractivity contribution is 7.17. The van der Waals surface area contributed by atoms with E-state index >= 15 is 0 Å². The Morgan fingerprint density at radius 3 is 3.06 bits per heavy atom. The zero-order valence-corrected chi connectivity index (χ0v) is 11.8. The molecule has 1 aliphatic rings. The van der Waals surface area contributed by atoms with E-state index in [0.29, 0.717) is 0 Å². The molecule has 0 saturated heterocycles. The van der Waals surface area contributed by atoms with Crippen molar-refractivity contribution in [2.45, 2.75) is 38.6 Å². The third-order valence-electron chi connectivity index (χ3n) is 4.17. The molecule has 1 aromatic carbocycles. The van der Waals surface area contributed by atoms with Gasteiger partial charge in [-0.1, -0.05) is 31.5 Å². The summed E-state index contributed by atoms with van der Waals surface area (Å²) in [6.07, 6.45) is 5.40. The summed E-state index contributed by atoms with van der Waals surface area (Å²) in [6, 6.07) is 9.56. The predicted octanol–water partition coefficient (Wildman–Crippen LogP) is 4.22. The Bertz CT molecular complexity index is 517. The molecule has 1 saturated carbocycles. The van der Waals surface area contributed by atoms with E-state index < -0.39 is 0 Å². The summed E-state index contributed by atoms with van der Waals surface area (Å²) in [6.45, 7) is 3.32. The lowest BCUT2D eigenvalue weighted by molar-refractivity contribution is 0.407. The highest BCUT2D eigenvalue weighted by Gasteiger charge is 2.27. The van der Waals surface area contributed by atoms with Crippen LogP contribution < -0.4 is 5.32 Å². The second-order valence-electron chi connectivity index (χ2n) is 5.32. The molecule has 0 radical (unpaired) electrons. The second-order valence-corrected chi connectivity index (χ2v) is 6.23. The third kappa shape index (κ3) is 2.32. The van der Waals surface area contributed by atoms with E-state index in [1.54, 1.807) is 5.56 Å². The van der Waals surface area contributed by atoms with Gasteiger partial charge in [0.2, 0.25) is 0 Å². The Hall–Kier alpha value is -0.860. The van der Waals surface area contributed by atoms with Crippen molar-refractivity contribution >= 4 is 21.4 Å². The van der Waals surface area contributed by atoms with Crippen LogP contribution in [0.4, 0.5) is 0 Å². The van der Waals surface area contributed by atoms with Crippen molar-refractivity contribution in [3.63, 3.8) is 0 Å². The van der Waals surface area contributed by atoms with Crippen LogP contribution in [0.5, 0.6) is 0 Å². The minimum atomic E-state index is 0.744. The molecule has 1 fully saturated rings.